The topological polar surface area (TPSA) is 36.9 Å². The molecule has 0 saturated carbocycles. The minimum Gasteiger partial charge on any atom is -0.466 e. The molecule has 6 heteroatoms. The molecular formula is C21H28F2O4. The van der Waals surface area contributed by atoms with E-state index < -0.39 is 17.8 Å². The molecule has 0 aromatic heterocycles. The van der Waals surface area contributed by atoms with Gasteiger partial charge in [0.2, 0.25) is 0 Å². The van der Waals surface area contributed by atoms with E-state index in [0.717, 1.165) is 11.6 Å². The number of halogens is 2. The minimum atomic E-state index is -3.39. The van der Waals surface area contributed by atoms with Crippen molar-refractivity contribution in [3.63, 3.8) is 0 Å². The van der Waals surface area contributed by atoms with Gasteiger partial charge in [0.1, 0.15) is 6.10 Å². The molecule has 0 amide bonds. The molecule has 0 fully saturated rings. The molecule has 150 valence electrons. The number of ether oxygens (including phenoxy) is 4. The molecule has 0 saturated heterocycles. The number of rotatable bonds is 15. The molecule has 0 aliphatic carbocycles. The van der Waals surface area contributed by atoms with Gasteiger partial charge in [-0.05, 0) is 24.5 Å². The van der Waals surface area contributed by atoms with Crippen LogP contribution in [0.4, 0.5) is 8.78 Å². The number of allylic oxidation sites excluding steroid dienone is 2. The largest absolute Gasteiger partial charge is 0.466 e. The van der Waals surface area contributed by atoms with E-state index in [2.05, 4.69) is 13.2 Å². The number of hydrogen-bond donors (Lipinski definition) is 0. The Balaban J connectivity index is 2.77. The van der Waals surface area contributed by atoms with Crippen molar-refractivity contribution >= 4 is 0 Å². The van der Waals surface area contributed by atoms with Gasteiger partial charge in [0.05, 0.1) is 19.8 Å². The predicted octanol–water partition coefficient (Wildman–Crippen LogP) is 4.88. The van der Waals surface area contributed by atoms with Crippen molar-refractivity contribution < 1.29 is 27.7 Å². The van der Waals surface area contributed by atoms with E-state index in [1.165, 1.54) is 13.2 Å². The van der Waals surface area contributed by atoms with Crippen molar-refractivity contribution in [2.45, 2.75) is 31.5 Å². The second-order valence-corrected chi connectivity index (χ2v) is 5.67. The van der Waals surface area contributed by atoms with Crippen LogP contribution in [0.25, 0.3) is 0 Å². The third kappa shape index (κ3) is 8.47. The molecule has 1 atom stereocenters. The van der Waals surface area contributed by atoms with Crippen molar-refractivity contribution in [2.24, 2.45) is 0 Å². The molecule has 0 N–H and O–H groups in total. The summed E-state index contributed by atoms with van der Waals surface area (Å²) in [5.74, 6) is -3.89. The molecule has 1 aromatic rings. The second-order valence-electron chi connectivity index (χ2n) is 5.67. The summed E-state index contributed by atoms with van der Waals surface area (Å²) < 4.78 is 50.5. The number of alkyl halides is 2. The number of benzene rings is 1. The quantitative estimate of drug-likeness (QED) is 0.187. The Morgan fingerprint density at radius 1 is 1.15 bits per heavy atom. The third-order valence-corrected chi connectivity index (χ3v) is 3.60. The van der Waals surface area contributed by atoms with Crippen LogP contribution in [0.3, 0.4) is 0 Å². The Bertz CT molecular complexity index is 573. The van der Waals surface area contributed by atoms with Crippen LogP contribution in [-0.2, 0) is 25.6 Å². The lowest BCUT2D eigenvalue weighted by molar-refractivity contribution is -0.143. The fourth-order valence-electron chi connectivity index (χ4n) is 2.15. The summed E-state index contributed by atoms with van der Waals surface area (Å²) in [4.78, 5) is 0. The van der Waals surface area contributed by atoms with Crippen molar-refractivity contribution in [2.75, 3.05) is 27.1 Å². The van der Waals surface area contributed by atoms with Gasteiger partial charge in [-0.25, -0.2) is 0 Å². The second kappa shape index (κ2) is 13.2. The summed E-state index contributed by atoms with van der Waals surface area (Å²) in [6.45, 7) is 7.41. The number of unbranched alkanes of at least 4 members (excludes halogenated alkanes) is 1. The highest BCUT2D eigenvalue weighted by atomic mass is 19.3. The third-order valence-electron chi connectivity index (χ3n) is 3.60. The first-order valence-corrected chi connectivity index (χ1v) is 8.73. The maximum atomic E-state index is 15.0. The fourth-order valence-corrected chi connectivity index (χ4v) is 2.15. The van der Waals surface area contributed by atoms with Gasteiger partial charge in [-0.15, -0.1) is 13.2 Å². The summed E-state index contributed by atoms with van der Waals surface area (Å²) in [5.41, 5.74) is 0.793. The first kappa shape index (κ1) is 23.0. The Labute approximate surface area is 160 Å². The van der Waals surface area contributed by atoms with E-state index in [1.807, 2.05) is 18.2 Å². The molecule has 27 heavy (non-hydrogen) atoms. The Morgan fingerprint density at radius 2 is 1.89 bits per heavy atom. The SMILES string of the molecule is C=CCC/C=C(\OCOCCOC)C(F)(F)C(C=C)OCc1ccccc1. The molecule has 4 nitrogen and oxygen atoms in total. The summed E-state index contributed by atoms with van der Waals surface area (Å²) in [7, 11) is 1.53. The lowest BCUT2D eigenvalue weighted by Gasteiger charge is -2.27. The van der Waals surface area contributed by atoms with Gasteiger partial charge in [0.15, 0.2) is 12.6 Å². The molecule has 1 rings (SSSR count). The van der Waals surface area contributed by atoms with Crippen molar-refractivity contribution in [1.82, 2.24) is 0 Å². The van der Waals surface area contributed by atoms with Gasteiger partial charge in [-0.3, -0.25) is 0 Å². The van der Waals surface area contributed by atoms with E-state index in [4.69, 9.17) is 18.9 Å². The minimum absolute atomic E-state index is 0.0391. The Morgan fingerprint density at radius 3 is 2.52 bits per heavy atom. The average Bonchev–Trinajstić information content (AvgIpc) is 2.67. The van der Waals surface area contributed by atoms with Crippen molar-refractivity contribution in [3.8, 4) is 0 Å². The monoisotopic (exact) mass is 382 g/mol. The standard InChI is InChI=1S/C21H28F2O4/c1-4-6-8-13-20(27-17-25-15-14-24-3)21(22,23)19(5-2)26-16-18-11-9-7-10-12-18/h4-5,7,9-13,19H,1-2,6,8,14-17H2,3H3/b20-13-. The van der Waals surface area contributed by atoms with Crippen LogP contribution >= 0.6 is 0 Å². The van der Waals surface area contributed by atoms with Gasteiger partial charge in [0.25, 0.3) is 0 Å². The molecule has 0 bridgehead atoms. The van der Waals surface area contributed by atoms with Gasteiger partial charge in [-0.1, -0.05) is 42.5 Å². The highest BCUT2D eigenvalue weighted by molar-refractivity contribution is 5.15. The number of methoxy groups -OCH3 is 1. The lowest BCUT2D eigenvalue weighted by Crippen LogP contribution is -2.37. The first-order chi connectivity index (χ1) is 13.1. The summed E-state index contributed by atoms with van der Waals surface area (Å²) in [5, 5.41) is 0. The van der Waals surface area contributed by atoms with Crippen LogP contribution < -0.4 is 0 Å². The Kier molecular flexibility index (Phi) is 11.2. The molecule has 1 aromatic carbocycles. The molecule has 0 heterocycles. The zero-order valence-corrected chi connectivity index (χ0v) is 15.7. The average molecular weight is 382 g/mol. The van der Waals surface area contributed by atoms with E-state index in [9.17, 15) is 8.78 Å². The first-order valence-electron chi connectivity index (χ1n) is 8.73. The molecule has 0 aliphatic rings. The smallest absolute Gasteiger partial charge is 0.332 e. The van der Waals surface area contributed by atoms with Crippen LogP contribution in [-0.4, -0.2) is 39.1 Å². The fraction of sp³-hybridized carbons (Fsp3) is 0.429. The van der Waals surface area contributed by atoms with Gasteiger partial charge in [-0.2, -0.15) is 8.78 Å². The van der Waals surface area contributed by atoms with Gasteiger partial charge < -0.3 is 18.9 Å². The van der Waals surface area contributed by atoms with Gasteiger partial charge in [0, 0.05) is 7.11 Å². The molecule has 0 spiro atoms. The van der Waals surface area contributed by atoms with Crippen LogP contribution in [0.1, 0.15) is 18.4 Å². The molecule has 0 aliphatic heterocycles. The summed E-state index contributed by atoms with van der Waals surface area (Å²) >= 11 is 0. The highest BCUT2D eigenvalue weighted by Crippen LogP contribution is 2.32. The molecule has 1 unspecified atom stereocenters. The maximum absolute atomic E-state index is 15.0. The van der Waals surface area contributed by atoms with Crippen LogP contribution in [0.2, 0.25) is 0 Å². The van der Waals surface area contributed by atoms with E-state index in [0.29, 0.717) is 19.4 Å². The molecule has 0 radical (unpaired) electrons. The number of hydrogen-bond acceptors (Lipinski definition) is 4. The van der Waals surface area contributed by atoms with Gasteiger partial charge >= 0.3 is 5.92 Å². The summed E-state index contributed by atoms with van der Waals surface area (Å²) in [6.07, 6.45) is 3.46. The van der Waals surface area contributed by atoms with E-state index in [1.54, 1.807) is 18.2 Å². The Hall–Kier alpha value is -2.02. The van der Waals surface area contributed by atoms with Crippen molar-refractivity contribution in [3.05, 3.63) is 73.0 Å². The predicted molar refractivity (Wildman–Crippen MR) is 101 cm³/mol. The molecular weight excluding hydrogens is 354 g/mol. The van der Waals surface area contributed by atoms with E-state index >= 15 is 0 Å². The van der Waals surface area contributed by atoms with Crippen LogP contribution in [0.15, 0.2) is 67.5 Å². The normalized spacial score (nSPS) is 13.2. The van der Waals surface area contributed by atoms with Crippen molar-refractivity contribution in [1.29, 1.82) is 0 Å². The maximum Gasteiger partial charge on any atom is 0.332 e. The van der Waals surface area contributed by atoms with Crippen LogP contribution in [0, 0.1) is 0 Å². The van der Waals surface area contributed by atoms with Crippen LogP contribution in [0.5, 0.6) is 0 Å². The van der Waals surface area contributed by atoms with E-state index in [-0.39, 0.29) is 20.0 Å². The highest BCUT2D eigenvalue weighted by Gasteiger charge is 2.44. The summed E-state index contributed by atoms with van der Waals surface area (Å²) in [6, 6.07) is 9.10. The zero-order valence-electron chi connectivity index (χ0n) is 15.7. The lowest BCUT2D eigenvalue weighted by atomic mass is 10.1. The zero-order chi connectivity index (χ0) is 20.0.